The lowest BCUT2D eigenvalue weighted by Gasteiger charge is -2.21. The van der Waals surface area contributed by atoms with E-state index < -0.39 is 23.8 Å². The van der Waals surface area contributed by atoms with Gasteiger partial charge in [-0.1, -0.05) is 30.3 Å². The molecular formula is C21H18F3NO3. The van der Waals surface area contributed by atoms with Crippen molar-refractivity contribution in [2.24, 2.45) is 0 Å². The highest BCUT2D eigenvalue weighted by atomic mass is 19.4. The number of anilines is 1. The number of esters is 1. The Bertz CT molecular complexity index is 904. The zero-order valence-corrected chi connectivity index (χ0v) is 15.1. The second-order valence-corrected chi connectivity index (χ2v) is 6.40. The van der Waals surface area contributed by atoms with Gasteiger partial charge in [0.15, 0.2) is 6.10 Å². The Kier molecular flexibility index (Phi) is 5.53. The van der Waals surface area contributed by atoms with Crippen LogP contribution in [0.2, 0.25) is 0 Å². The number of carbonyl (C=O) groups excluding carboxylic acids is 2. The van der Waals surface area contributed by atoms with Crippen molar-refractivity contribution in [1.29, 1.82) is 0 Å². The Balaban J connectivity index is 1.58. The normalized spacial score (nSPS) is 14.8. The van der Waals surface area contributed by atoms with E-state index >= 15 is 0 Å². The van der Waals surface area contributed by atoms with Gasteiger partial charge >= 0.3 is 12.1 Å². The number of amides is 1. The number of fused-ring (bicyclic) bond motifs is 1. The first kappa shape index (κ1) is 19.7. The quantitative estimate of drug-likeness (QED) is 0.581. The second kappa shape index (κ2) is 7.88. The summed E-state index contributed by atoms with van der Waals surface area (Å²) in [6.07, 6.45) is -2.22. The molecule has 2 aromatic carbocycles. The highest BCUT2D eigenvalue weighted by Crippen LogP contribution is 2.29. The first-order valence-electron chi connectivity index (χ1n) is 8.71. The average Bonchev–Trinajstić information content (AvgIpc) is 3.09. The Morgan fingerprint density at radius 1 is 1.11 bits per heavy atom. The molecule has 0 fully saturated rings. The maximum Gasteiger partial charge on any atom is 0.416 e. The van der Waals surface area contributed by atoms with Crippen LogP contribution in [0.3, 0.4) is 0 Å². The standard InChI is InChI=1S/C21H18F3NO3/c1-14(20(27)25-13-12-16-4-2-3-5-18(16)25)28-19(26)11-8-15-6-9-17(10-7-15)21(22,23)24/h2-11,14H,12-13H2,1H3/b11-8+/t14-/m0/s1. The minimum atomic E-state index is -4.41. The summed E-state index contributed by atoms with van der Waals surface area (Å²) in [6.45, 7) is 2.02. The van der Waals surface area contributed by atoms with Crippen molar-refractivity contribution in [3.8, 4) is 0 Å². The molecule has 1 atom stereocenters. The zero-order chi connectivity index (χ0) is 20.3. The summed E-state index contributed by atoms with van der Waals surface area (Å²) in [5.41, 5.74) is 1.53. The first-order chi connectivity index (χ1) is 13.3. The summed E-state index contributed by atoms with van der Waals surface area (Å²) in [5, 5.41) is 0. The minimum Gasteiger partial charge on any atom is -0.449 e. The van der Waals surface area contributed by atoms with Crippen LogP contribution in [-0.2, 0) is 26.9 Å². The molecule has 0 spiro atoms. The molecule has 4 nitrogen and oxygen atoms in total. The van der Waals surface area contributed by atoms with Crippen LogP contribution in [0.15, 0.2) is 54.6 Å². The van der Waals surface area contributed by atoms with E-state index in [0.29, 0.717) is 12.1 Å². The van der Waals surface area contributed by atoms with Gasteiger partial charge in [0.1, 0.15) is 0 Å². The molecule has 0 saturated carbocycles. The number of ether oxygens (including phenoxy) is 1. The molecule has 146 valence electrons. The highest BCUT2D eigenvalue weighted by molar-refractivity contribution is 6.00. The van der Waals surface area contributed by atoms with Crippen molar-refractivity contribution in [3.63, 3.8) is 0 Å². The van der Waals surface area contributed by atoms with Crippen LogP contribution in [0, 0.1) is 0 Å². The molecule has 0 N–H and O–H groups in total. The molecule has 3 rings (SSSR count). The molecule has 0 bridgehead atoms. The van der Waals surface area contributed by atoms with Crippen LogP contribution in [0.25, 0.3) is 6.08 Å². The van der Waals surface area contributed by atoms with Crippen molar-refractivity contribution in [2.45, 2.75) is 25.6 Å². The number of hydrogen-bond acceptors (Lipinski definition) is 3. The fourth-order valence-electron chi connectivity index (χ4n) is 3.00. The largest absolute Gasteiger partial charge is 0.449 e. The summed E-state index contributed by atoms with van der Waals surface area (Å²) >= 11 is 0. The number of hydrogen-bond donors (Lipinski definition) is 0. The van der Waals surface area contributed by atoms with Crippen molar-refractivity contribution in [1.82, 2.24) is 0 Å². The van der Waals surface area contributed by atoms with Gasteiger partial charge in [-0.3, -0.25) is 4.79 Å². The molecule has 1 aliphatic heterocycles. The minimum absolute atomic E-state index is 0.318. The zero-order valence-electron chi connectivity index (χ0n) is 15.1. The Morgan fingerprint density at radius 3 is 2.46 bits per heavy atom. The van der Waals surface area contributed by atoms with Gasteiger partial charge in [-0.15, -0.1) is 0 Å². The molecule has 0 radical (unpaired) electrons. The first-order valence-corrected chi connectivity index (χ1v) is 8.71. The maximum atomic E-state index is 12.6. The predicted molar refractivity (Wildman–Crippen MR) is 98.5 cm³/mol. The van der Waals surface area contributed by atoms with Gasteiger partial charge < -0.3 is 9.64 Å². The number of halogens is 3. The molecule has 1 aliphatic rings. The molecule has 28 heavy (non-hydrogen) atoms. The Morgan fingerprint density at radius 2 is 1.79 bits per heavy atom. The second-order valence-electron chi connectivity index (χ2n) is 6.40. The number of rotatable bonds is 4. The molecule has 7 heteroatoms. The molecule has 0 aliphatic carbocycles. The van der Waals surface area contributed by atoms with Crippen LogP contribution in [-0.4, -0.2) is 24.5 Å². The maximum absolute atomic E-state index is 12.6. The summed E-state index contributed by atoms with van der Waals surface area (Å²) in [4.78, 5) is 26.1. The molecule has 0 aromatic heterocycles. The Hall–Kier alpha value is -3.09. The van der Waals surface area contributed by atoms with Gasteiger partial charge in [-0.05, 0) is 48.7 Å². The van der Waals surface area contributed by atoms with Gasteiger partial charge in [-0.25, -0.2) is 4.79 Å². The number of nitrogens with zero attached hydrogens (tertiary/aromatic N) is 1. The average molecular weight is 389 g/mol. The summed E-state index contributed by atoms with van der Waals surface area (Å²) in [6, 6.07) is 11.9. The van der Waals surface area contributed by atoms with E-state index in [2.05, 4.69) is 0 Å². The van der Waals surface area contributed by atoms with Gasteiger partial charge in [0.2, 0.25) is 0 Å². The lowest BCUT2D eigenvalue weighted by molar-refractivity contribution is -0.149. The van der Waals surface area contributed by atoms with Crippen LogP contribution in [0.4, 0.5) is 18.9 Å². The highest BCUT2D eigenvalue weighted by Gasteiger charge is 2.30. The van der Waals surface area contributed by atoms with E-state index in [-0.39, 0.29) is 5.91 Å². The van der Waals surface area contributed by atoms with E-state index in [1.54, 1.807) is 4.90 Å². The third-order valence-electron chi connectivity index (χ3n) is 4.44. The van der Waals surface area contributed by atoms with Gasteiger partial charge in [0.05, 0.1) is 5.56 Å². The summed E-state index contributed by atoms with van der Waals surface area (Å²) in [7, 11) is 0. The van der Waals surface area contributed by atoms with Crippen molar-refractivity contribution in [2.75, 3.05) is 11.4 Å². The number of carbonyl (C=O) groups is 2. The molecule has 0 unspecified atom stereocenters. The summed E-state index contributed by atoms with van der Waals surface area (Å²) in [5.74, 6) is -1.06. The number of benzene rings is 2. The molecule has 1 amide bonds. The third kappa shape index (κ3) is 4.42. The van der Waals surface area contributed by atoms with E-state index in [1.165, 1.54) is 25.1 Å². The molecule has 2 aromatic rings. The van der Waals surface area contributed by atoms with Crippen molar-refractivity contribution in [3.05, 3.63) is 71.3 Å². The fraction of sp³-hybridized carbons (Fsp3) is 0.238. The molecule has 1 heterocycles. The van der Waals surface area contributed by atoms with E-state index in [4.69, 9.17) is 4.74 Å². The third-order valence-corrected chi connectivity index (χ3v) is 4.44. The monoisotopic (exact) mass is 389 g/mol. The SMILES string of the molecule is C[C@H](OC(=O)/C=C/c1ccc(C(F)(F)F)cc1)C(=O)N1CCc2ccccc21. The van der Waals surface area contributed by atoms with Gasteiger partial charge in [0, 0.05) is 18.3 Å². The number of para-hydroxylation sites is 1. The van der Waals surface area contributed by atoms with Crippen LogP contribution in [0.1, 0.15) is 23.6 Å². The lowest BCUT2D eigenvalue weighted by atomic mass is 10.1. The molecule has 0 saturated heterocycles. The van der Waals surface area contributed by atoms with Crippen molar-refractivity contribution >= 4 is 23.6 Å². The smallest absolute Gasteiger partial charge is 0.416 e. The topological polar surface area (TPSA) is 46.6 Å². The van der Waals surface area contributed by atoms with E-state index in [0.717, 1.165) is 35.9 Å². The van der Waals surface area contributed by atoms with E-state index in [1.807, 2.05) is 24.3 Å². The Labute approximate surface area is 160 Å². The van der Waals surface area contributed by atoms with Crippen LogP contribution < -0.4 is 4.90 Å². The lowest BCUT2D eigenvalue weighted by Crippen LogP contribution is -2.38. The van der Waals surface area contributed by atoms with E-state index in [9.17, 15) is 22.8 Å². The predicted octanol–water partition coefficient (Wildman–Crippen LogP) is 4.24. The van der Waals surface area contributed by atoms with Crippen LogP contribution in [0.5, 0.6) is 0 Å². The van der Waals surface area contributed by atoms with Gasteiger partial charge in [0.25, 0.3) is 5.91 Å². The van der Waals surface area contributed by atoms with Gasteiger partial charge in [-0.2, -0.15) is 13.2 Å². The van der Waals surface area contributed by atoms with Crippen molar-refractivity contribution < 1.29 is 27.5 Å². The molecular weight excluding hydrogens is 371 g/mol. The fourth-order valence-corrected chi connectivity index (χ4v) is 3.00. The number of alkyl halides is 3. The summed E-state index contributed by atoms with van der Waals surface area (Å²) < 4.78 is 42.8. The van der Waals surface area contributed by atoms with Crippen LogP contribution >= 0.6 is 0 Å².